The number of aryl methyl sites for hydroxylation is 4. The number of carbonyl (C=O) groups is 1. The lowest BCUT2D eigenvalue weighted by molar-refractivity contribution is -0.116. The molecule has 2 heterocycles. The van der Waals surface area contributed by atoms with Crippen LogP contribution in [0.2, 0.25) is 0 Å². The first-order chi connectivity index (χ1) is 13.9. The lowest BCUT2D eigenvalue weighted by Gasteiger charge is -2.36. The molecule has 6 nitrogen and oxygen atoms in total. The predicted octanol–water partition coefficient (Wildman–Crippen LogP) is 3.83. The quantitative estimate of drug-likeness (QED) is 0.735. The van der Waals surface area contributed by atoms with Crippen LogP contribution in [0, 0.1) is 25.7 Å². The lowest BCUT2D eigenvalue weighted by Crippen LogP contribution is -2.39. The van der Waals surface area contributed by atoms with E-state index in [9.17, 15) is 4.79 Å². The molecule has 0 bridgehead atoms. The summed E-state index contributed by atoms with van der Waals surface area (Å²) in [5, 5.41) is 7.28. The van der Waals surface area contributed by atoms with Gasteiger partial charge >= 0.3 is 0 Å². The fourth-order valence-corrected chi connectivity index (χ4v) is 4.31. The Morgan fingerprint density at radius 3 is 2.62 bits per heavy atom. The third-order valence-electron chi connectivity index (χ3n) is 6.17. The molecule has 1 aromatic heterocycles. The van der Waals surface area contributed by atoms with E-state index in [4.69, 9.17) is 0 Å². The molecule has 1 aromatic carbocycles. The Balaban J connectivity index is 1.42. The van der Waals surface area contributed by atoms with E-state index in [1.807, 2.05) is 26.0 Å². The molecule has 2 unspecified atom stereocenters. The van der Waals surface area contributed by atoms with E-state index in [0.29, 0.717) is 13.0 Å². The van der Waals surface area contributed by atoms with Crippen LogP contribution in [0.15, 0.2) is 24.3 Å². The van der Waals surface area contributed by atoms with Gasteiger partial charge in [-0.05, 0) is 75.7 Å². The molecule has 1 saturated heterocycles. The molecule has 3 rings (SSSR count). The number of nitrogens with zero attached hydrogens (tertiary/aromatic N) is 4. The summed E-state index contributed by atoms with van der Waals surface area (Å²) in [6, 6.07) is 8.32. The molecule has 1 fully saturated rings. The number of carbonyl (C=O) groups excluding carboxylic acids is 1. The van der Waals surface area contributed by atoms with Crippen molar-refractivity contribution in [2.75, 3.05) is 25.0 Å². The molecule has 2 atom stereocenters. The average Bonchev–Trinajstić information content (AvgIpc) is 3.03. The van der Waals surface area contributed by atoms with Crippen molar-refractivity contribution in [3.8, 4) is 0 Å². The number of likely N-dealkylation sites (tertiary alicyclic amines) is 1. The van der Waals surface area contributed by atoms with Crippen molar-refractivity contribution in [2.24, 2.45) is 11.8 Å². The summed E-state index contributed by atoms with van der Waals surface area (Å²) >= 11 is 0. The second-order valence-electron chi connectivity index (χ2n) is 8.38. The fraction of sp³-hybridized carbons (Fsp3) is 0.609. The number of hydrogen-bond acceptors (Lipinski definition) is 4. The van der Waals surface area contributed by atoms with Crippen molar-refractivity contribution in [2.45, 2.75) is 59.9 Å². The molecule has 0 saturated carbocycles. The lowest BCUT2D eigenvalue weighted by atomic mass is 9.83. The Kier molecular flexibility index (Phi) is 7.42. The number of benzene rings is 1. The van der Waals surface area contributed by atoms with E-state index in [1.54, 1.807) is 4.68 Å². The van der Waals surface area contributed by atoms with E-state index in [0.717, 1.165) is 35.6 Å². The van der Waals surface area contributed by atoms with E-state index in [-0.39, 0.29) is 5.91 Å². The highest BCUT2D eigenvalue weighted by Crippen LogP contribution is 2.27. The molecular formula is C23H35N5O. The molecule has 1 aliphatic heterocycles. The van der Waals surface area contributed by atoms with E-state index < -0.39 is 0 Å². The van der Waals surface area contributed by atoms with Crippen LogP contribution >= 0.6 is 0 Å². The van der Waals surface area contributed by atoms with Gasteiger partial charge in [-0.25, -0.2) is 9.67 Å². The highest BCUT2D eigenvalue weighted by molar-refractivity contribution is 5.90. The summed E-state index contributed by atoms with van der Waals surface area (Å²) in [6.45, 7) is 12.6. The van der Waals surface area contributed by atoms with Gasteiger partial charge in [-0.2, -0.15) is 5.10 Å². The summed E-state index contributed by atoms with van der Waals surface area (Å²) < 4.78 is 1.78. The maximum atomic E-state index is 12.2. The predicted molar refractivity (Wildman–Crippen MR) is 117 cm³/mol. The summed E-state index contributed by atoms with van der Waals surface area (Å²) in [5.41, 5.74) is 2.21. The molecule has 0 radical (unpaired) electrons. The number of amides is 1. The second-order valence-corrected chi connectivity index (χ2v) is 8.38. The number of aromatic nitrogens is 3. The Bertz CT molecular complexity index is 798. The number of rotatable bonds is 8. The number of piperidine rings is 1. The van der Waals surface area contributed by atoms with Crippen molar-refractivity contribution in [3.63, 3.8) is 0 Å². The Hall–Kier alpha value is -2.21. The van der Waals surface area contributed by atoms with Crippen molar-refractivity contribution in [1.29, 1.82) is 0 Å². The van der Waals surface area contributed by atoms with E-state index in [2.05, 4.69) is 46.3 Å². The average molecular weight is 398 g/mol. The van der Waals surface area contributed by atoms with Gasteiger partial charge < -0.3 is 10.2 Å². The van der Waals surface area contributed by atoms with Crippen molar-refractivity contribution >= 4 is 11.6 Å². The zero-order valence-electron chi connectivity index (χ0n) is 18.3. The minimum atomic E-state index is 0.00168. The topological polar surface area (TPSA) is 63.1 Å². The van der Waals surface area contributed by atoms with Gasteiger partial charge in [0.2, 0.25) is 5.91 Å². The maximum Gasteiger partial charge on any atom is 0.226 e. The first-order valence-corrected chi connectivity index (χ1v) is 10.9. The van der Waals surface area contributed by atoms with Crippen LogP contribution in [-0.2, 0) is 17.8 Å². The summed E-state index contributed by atoms with van der Waals surface area (Å²) in [6.07, 6.45) is 4.06. The van der Waals surface area contributed by atoms with Crippen LogP contribution in [0.4, 0.5) is 5.69 Å². The van der Waals surface area contributed by atoms with Gasteiger partial charge in [0.05, 0.1) is 6.54 Å². The summed E-state index contributed by atoms with van der Waals surface area (Å²) in [7, 11) is 0. The molecule has 158 valence electrons. The first-order valence-electron chi connectivity index (χ1n) is 10.9. The molecule has 1 amide bonds. The van der Waals surface area contributed by atoms with Gasteiger partial charge in [-0.15, -0.1) is 0 Å². The van der Waals surface area contributed by atoms with Crippen molar-refractivity contribution < 1.29 is 4.79 Å². The molecule has 29 heavy (non-hydrogen) atoms. The van der Waals surface area contributed by atoms with E-state index >= 15 is 0 Å². The minimum absolute atomic E-state index is 0.00168. The van der Waals surface area contributed by atoms with Gasteiger partial charge in [0, 0.05) is 18.7 Å². The van der Waals surface area contributed by atoms with Gasteiger partial charge in [0.15, 0.2) is 0 Å². The molecule has 1 N–H and O–H groups in total. The molecule has 0 aliphatic carbocycles. The first kappa shape index (κ1) is 21.5. The second kappa shape index (κ2) is 10.0. The Labute approximate surface area is 174 Å². The van der Waals surface area contributed by atoms with Crippen LogP contribution in [0.25, 0.3) is 0 Å². The number of hydrogen-bond donors (Lipinski definition) is 1. The van der Waals surface area contributed by atoms with Crippen LogP contribution in [0.1, 0.15) is 50.3 Å². The zero-order valence-corrected chi connectivity index (χ0v) is 18.3. The maximum absolute atomic E-state index is 12.2. The molecule has 0 spiro atoms. The van der Waals surface area contributed by atoms with Crippen LogP contribution in [0.3, 0.4) is 0 Å². The third-order valence-corrected chi connectivity index (χ3v) is 6.17. The third kappa shape index (κ3) is 6.13. The van der Waals surface area contributed by atoms with Crippen molar-refractivity contribution in [3.05, 3.63) is 41.5 Å². The van der Waals surface area contributed by atoms with Gasteiger partial charge in [-0.1, -0.05) is 26.0 Å². The monoisotopic (exact) mass is 397 g/mol. The van der Waals surface area contributed by atoms with Crippen LogP contribution in [0.5, 0.6) is 0 Å². The number of anilines is 1. The van der Waals surface area contributed by atoms with E-state index in [1.165, 1.54) is 38.0 Å². The largest absolute Gasteiger partial charge is 0.326 e. The van der Waals surface area contributed by atoms with Crippen LogP contribution in [-0.4, -0.2) is 45.2 Å². The molecule has 6 heteroatoms. The highest BCUT2D eigenvalue weighted by Gasteiger charge is 2.24. The smallest absolute Gasteiger partial charge is 0.226 e. The number of nitrogens with one attached hydrogen (secondary N) is 1. The highest BCUT2D eigenvalue weighted by atomic mass is 16.1. The van der Waals surface area contributed by atoms with Crippen molar-refractivity contribution in [1.82, 2.24) is 19.7 Å². The zero-order chi connectivity index (χ0) is 20.8. The summed E-state index contributed by atoms with van der Waals surface area (Å²) in [5.74, 6) is 3.18. The molecule has 2 aromatic rings. The van der Waals surface area contributed by atoms with Gasteiger partial charge in [0.25, 0.3) is 0 Å². The Morgan fingerprint density at radius 2 is 2.00 bits per heavy atom. The summed E-state index contributed by atoms with van der Waals surface area (Å²) in [4.78, 5) is 19.1. The van der Waals surface area contributed by atoms with Gasteiger partial charge in [0.1, 0.15) is 11.6 Å². The molecule has 1 aliphatic rings. The standard InChI is InChI=1S/C23H35N5O/c1-5-27-14-12-21(17(2)16-27)9-6-20-7-10-22(11-8-20)25-23(29)13-15-28-19(4)24-18(3)26-28/h7-8,10-11,17,21H,5-6,9,12-16H2,1-4H3,(H,25,29). The van der Waals surface area contributed by atoms with Crippen LogP contribution < -0.4 is 5.32 Å². The Morgan fingerprint density at radius 1 is 1.24 bits per heavy atom. The fourth-order valence-electron chi connectivity index (χ4n) is 4.31. The van der Waals surface area contributed by atoms with Gasteiger partial charge in [-0.3, -0.25) is 4.79 Å². The SMILES string of the molecule is CCN1CCC(CCc2ccc(NC(=O)CCn3nc(C)nc3C)cc2)C(C)C1. The normalized spacial score (nSPS) is 20.0. The minimum Gasteiger partial charge on any atom is -0.326 e. The molecular weight excluding hydrogens is 362 g/mol.